The third-order valence-corrected chi connectivity index (χ3v) is 5.85. The second kappa shape index (κ2) is 8.70. The summed E-state index contributed by atoms with van der Waals surface area (Å²) >= 11 is 0. The molecule has 5 N–H and O–H groups in total. The van der Waals surface area contributed by atoms with Crippen molar-refractivity contribution in [2.45, 2.75) is 6.54 Å². The van der Waals surface area contributed by atoms with Crippen molar-refractivity contribution < 1.29 is 9.13 Å². The number of nitrogens with one attached hydrogen (secondary N) is 3. The van der Waals surface area contributed by atoms with Crippen LogP contribution in [0, 0.1) is 5.82 Å². The van der Waals surface area contributed by atoms with Crippen molar-refractivity contribution in [1.29, 1.82) is 0 Å². The van der Waals surface area contributed by atoms with Crippen LogP contribution in [-0.2, 0) is 11.3 Å². The lowest BCUT2D eigenvalue weighted by Gasteiger charge is -2.26. The Labute approximate surface area is 183 Å². The normalized spacial score (nSPS) is 15.0. The van der Waals surface area contributed by atoms with E-state index in [9.17, 15) is 9.18 Å². The van der Waals surface area contributed by atoms with Crippen LogP contribution in [0.4, 0.5) is 10.1 Å². The Morgan fingerprint density at radius 3 is 2.84 bits per heavy atom. The minimum absolute atomic E-state index is 0.0749. The van der Waals surface area contributed by atoms with Crippen LogP contribution in [0.25, 0.3) is 33.3 Å². The average Bonchev–Trinajstić information content (AvgIpc) is 3.20. The van der Waals surface area contributed by atoms with Crippen LogP contribution in [-0.4, -0.2) is 59.2 Å². The summed E-state index contributed by atoms with van der Waals surface area (Å²) in [6.07, 6.45) is 0. The summed E-state index contributed by atoms with van der Waals surface area (Å²) < 4.78 is 19.7. The van der Waals surface area contributed by atoms with Crippen LogP contribution in [0.5, 0.6) is 0 Å². The number of rotatable bonds is 6. The maximum absolute atomic E-state index is 14.3. The molecule has 32 heavy (non-hydrogen) atoms. The predicted octanol–water partition coefficient (Wildman–Crippen LogP) is 2.21. The number of morpholine rings is 1. The van der Waals surface area contributed by atoms with E-state index in [1.54, 1.807) is 6.07 Å². The highest BCUT2D eigenvalue weighted by atomic mass is 19.1. The summed E-state index contributed by atoms with van der Waals surface area (Å²) in [7, 11) is 0. The minimum Gasteiger partial charge on any atom is -0.397 e. The molecule has 2 aromatic heterocycles. The Bertz CT molecular complexity index is 1330. The number of fused-ring (bicyclic) bond motifs is 2. The lowest BCUT2D eigenvalue weighted by molar-refractivity contribution is 0.0384. The number of hydrogen-bond donors (Lipinski definition) is 4. The molecular weight excluding hydrogens is 411 g/mol. The van der Waals surface area contributed by atoms with E-state index in [4.69, 9.17) is 10.5 Å². The third-order valence-electron chi connectivity index (χ3n) is 5.85. The molecule has 0 radical (unpaired) electrons. The van der Waals surface area contributed by atoms with Crippen LogP contribution in [0.15, 0.2) is 41.2 Å². The van der Waals surface area contributed by atoms with Crippen molar-refractivity contribution in [3.63, 3.8) is 0 Å². The first kappa shape index (κ1) is 20.6. The molecule has 0 saturated carbocycles. The van der Waals surface area contributed by atoms with E-state index in [1.807, 2.05) is 18.2 Å². The van der Waals surface area contributed by atoms with Crippen LogP contribution >= 0.6 is 0 Å². The molecule has 1 saturated heterocycles. The van der Waals surface area contributed by atoms with Gasteiger partial charge < -0.3 is 25.8 Å². The summed E-state index contributed by atoms with van der Waals surface area (Å²) in [6, 6.07) is 10.4. The zero-order chi connectivity index (χ0) is 22.1. The van der Waals surface area contributed by atoms with Gasteiger partial charge >= 0.3 is 0 Å². The standard InChI is InChI=1S/C23H25FN6O2/c24-15-2-1-3-17-19(15)21(25)20(23(31)29-17)22-27-16-5-4-14(12-18(16)28-22)13-26-6-7-30-8-10-32-11-9-30/h1-5,12,26H,6-11,13H2,(H,27,28)(H3,25,29,31). The number of imidazole rings is 1. The molecule has 1 aliphatic rings. The fraction of sp³-hybridized carbons (Fsp3) is 0.304. The van der Waals surface area contributed by atoms with Crippen LogP contribution in [0.3, 0.4) is 0 Å². The monoisotopic (exact) mass is 436 g/mol. The van der Waals surface area contributed by atoms with Gasteiger partial charge in [-0.25, -0.2) is 9.37 Å². The van der Waals surface area contributed by atoms with Crippen molar-refractivity contribution in [1.82, 2.24) is 25.2 Å². The van der Waals surface area contributed by atoms with Gasteiger partial charge in [-0.05, 0) is 29.8 Å². The molecule has 9 heteroatoms. The van der Waals surface area contributed by atoms with Crippen molar-refractivity contribution >= 4 is 27.6 Å². The molecule has 1 aliphatic heterocycles. The molecule has 5 rings (SSSR count). The summed E-state index contributed by atoms with van der Waals surface area (Å²) in [6.45, 7) is 6.16. The number of hydrogen-bond acceptors (Lipinski definition) is 6. The van der Waals surface area contributed by atoms with E-state index in [-0.39, 0.29) is 16.6 Å². The van der Waals surface area contributed by atoms with Crippen molar-refractivity contribution in [2.75, 3.05) is 45.1 Å². The average molecular weight is 436 g/mol. The van der Waals surface area contributed by atoms with Gasteiger partial charge in [0.2, 0.25) is 0 Å². The molecule has 8 nitrogen and oxygen atoms in total. The first-order chi connectivity index (χ1) is 15.6. The Morgan fingerprint density at radius 2 is 2.00 bits per heavy atom. The van der Waals surface area contributed by atoms with Gasteiger partial charge in [-0.15, -0.1) is 0 Å². The number of pyridine rings is 1. The van der Waals surface area contributed by atoms with E-state index in [2.05, 4.69) is 25.2 Å². The highest BCUT2D eigenvalue weighted by Gasteiger charge is 2.18. The Hall–Kier alpha value is -3.27. The summed E-state index contributed by atoms with van der Waals surface area (Å²) in [5.41, 5.74) is 8.97. The Balaban J connectivity index is 1.36. The summed E-state index contributed by atoms with van der Waals surface area (Å²) in [5.74, 6) is -0.166. The highest BCUT2D eigenvalue weighted by molar-refractivity contribution is 5.98. The van der Waals surface area contributed by atoms with Gasteiger partial charge in [0.1, 0.15) is 17.2 Å². The molecule has 166 valence electrons. The zero-order valence-electron chi connectivity index (χ0n) is 17.6. The number of H-pyrrole nitrogens is 2. The second-order valence-corrected chi connectivity index (χ2v) is 7.97. The third kappa shape index (κ3) is 3.97. The van der Waals surface area contributed by atoms with Crippen molar-refractivity contribution in [2.24, 2.45) is 0 Å². The summed E-state index contributed by atoms with van der Waals surface area (Å²) in [5, 5.41) is 3.65. The predicted molar refractivity (Wildman–Crippen MR) is 123 cm³/mol. The van der Waals surface area contributed by atoms with Crippen molar-refractivity contribution in [3.05, 3.63) is 58.1 Å². The summed E-state index contributed by atoms with van der Waals surface area (Å²) in [4.78, 5) is 25.5. The van der Waals surface area contributed by atoms with E-state index in [0.29, 0.717) is 16.9 Å². The smallest absolute Gasteiger partial charge is 0.261 e. The maximum atomic E-state index is 14.3. The number of nitrogens with two attached hydrogens (primary N) is 1. The maximum Gasteiger partial charge on any atom is 0.261 e. The zero-order valence-corrected chi connectivity index (χ0v) is 17.6. The molecule has 0 unspecified atom stereocenters. The van der Waals surface area contributed by atoms with E-state index < -0.39 is 11.4 Å². The number of ether oxygens (including phenoxy) is 1. The number of halogens is 1. The van der Waals surface area contributed by atoms with Gasteiger partial charge in [-0.2, -0.15) is 0 Å². The van der Waals surface area contributed by atoms with E-state index in [1.165, 1.54) is 12.1 Å². The molecule has 3 heterocycles. The van der Waals surface area contributed by atoms with Gasteiger partial charge in [0.05, 0.1) is 40.8 Å². The molecule has 4 aromatic rings. The number of aromatic nitrogens is 3. The van der Waals surface area contributed by atoms with Crippen LogP contribution in [0.2, 0.25) is 0 Å². The van der Waals surface area contributed by atoms with Gasteiger partial charge in [-0.3, -0.25) is 9.69 Å². The first-order valence-electron chi connectivity index (χ1n) is 10.7. The van der Waals surface area contributed by atoms with Gasteiger partial charge in [-0.1, -0.05) is 12.1 Å². The first-order valence-corrected chi connectivity index (χ1v) is 10.7. The highest BCUT2D eigenvalue weighted by Crippen LogP contribution is 2.29. The number of benzene rings is 2. The van der Waals surface area contributed by atoms with Gasteiger partial charge in [0.15, 0.2) is 0 Å². The van der Waals surface area contributed by atoms with Crippen LogP contribution in [0.1, 0.15) is 5.56 Å². The number of aromatic amines is 2. The molecule has 0 spiro atoms. The fourth-order valence-electron chi connectivity index (χ4n) is 4.15. The SMILES string of the molecule is Nc1c(-c2nc3ccc(CNCCN4CCOCC4)cc3[nH]2)c(=O)[nH]c2cccc(F)c12. The molecule has 0 atom stereocenters. The Morgan fingerprint density at radius 1 is 1.16 bits per heavy atom. The largest absolute Gasteiger partial charge is 0.397 e. The number of nitrogen functional groups attached to an aromatic ring is 1. The molecule has 1 fully saturated rings. The molecule has 0 aliphatic carbocycles. The second-order valence-electron chi connectivity index (χ2n) is 7.97. The van der Waals surface area contributed by atoms with Crippen LogP contribution < -0.4 is 16.6 Å². The van der Waals surface area contributed by atoms with Gasteiger partial charge in [0.25, 0.3) is 5.56 Å². The molecule has 2 aromatic carbocycles. The molecule has 0 bridgehead atoms. The van der Waals surface area contributed by atoms with Gasteiger partial charge in [0, 0.05) is 32.7 Å². The fourth-order valence-corrected chi connectivity index (χ4v) is 4.15. The number of anilines is 1. The quantitative estimate of drug-likeness (QED) is 0.345. The molecular formula is C23H25FN6O2. The minimum atomic E-state index is -0.487. The van der Waals surface area contributed by atoms with Crippen molar-refractivity contribution in [3.8, 4) is 11.4 Å². The number of nitrogens with zero attached hydrogens (tertiary/aromatic N) is 2. The lowest BCUT2D eigenvalue weighted by Crippen LogP contribution is -2.40. The molecule has 0 amide bonds. The Kier molecular flexibility index (Phi) is 5.60. The van der Waals surface area contributed by atoms with E-state index in [0.717, 1.165) is 57.0 Å². The lowest BCUT2D eigenvalue weighted by atomic mass is 10.1. The van der Waals surface area contributed by atoms with E-state index >= 15 is 0 Å². The topological polar surface area (TPSA) is 112 Å².